The Kier molecular flexibility index (Phi) is 5.00. The Bertz CT molecular complexity index is 542. The van der Waals surface area contributed by atoms with Gasteiger partial charge in [-0.25, -0.2) is 0 Å². The van der Waals surface area contributed by atoms with Gasteiger partial charge in [0.05, 0.1) is 0 Å². The number of hydrogen-bond acceptors (Lipinski definition) is 2. The van der Waals surface area contributed by atoms with Crippen LogP contribution in [0.3, 0.4) is 0 Å². The van der Waals surface area contributed by atoms with E-state index in [2.05, 4.69) is 39.4 Å². The van der Waals surface area contributed by atoms with E-state index in [1.165, 1.54) is 5.56 Å². The zero-order chi connectivity index (χ0) is 13.7. The van der Waals surface area contributed by atoms with Gasteiger partial charge in [0, 0.05) is 10.5 Å². The summed E-state index contributed by atoms with van der Waals surface area (Å²) in [5, 5.41) is 12.8. The van der Waals surface area contributed by atoms with Crippen molar-refractivity contribution in [3.8, 4) is 5.75 Å². The van der Waals surface area contributed by atoms with Crippen LogP contribution in [0.2, 0.25) is 0 Å². The van der Waals surface area contributed by atoms with Crippen molar-refractivity contribution in [3.05, 3.63) is 64.1 Å². The van der Waals surface area contributed by atoms with Crippen LogP contribution in [0.4, 0.5) is 0 Å². The predicted octanol–water partition coefficient (Wildman–Crippen LogP) is 3.53. The molecule has 0 aliphatic carbocycles. The number of likely N-dealkylation sites (N-methyl/N-ethyl adjacent to an activating group) is 1. The fraction of sp³-hybridized carbons (Fsp3) is 0.250. The third-order valence-electron chi connectivity index (χ3n) is 3.23. The topological polar surface area (TPSA) is 32.3 Å². The van der Waals surface area contributed by atoms with Gasteiger partial charge in [-0.05, 0) is 49.2 Å². The first-order valence-electron chi connectivity index (χ1n) is 6.37. The van der Waals surface area contributed by atoms with Crippen LogP contribution in [-0.2, 0) is 12.8 Å². The summed E-state index contributed by atoms with van der Waals surface area (Å²) in [6, 6.07) is 16.1. The van der Waals surface area contributed by atoms with Crippen LogP contribution < -0.4 is 5.32 Å². The molecule has 0 aliphatic rings. The van der Waals surface area contributed by atoms with Crippen molar-refractivity contribution in [1.29, 1.82) is 0 Å². The van der Waals surface area contributed by atoms with E-state index < -0.39 is 0 Å². The molecule has 0 saturated heterocycles. The van der Waals surface area contributed by atoms with E-state index in [0.717, 1.165) is 22.9 Å². The Morgan fingerprint density at radius 3 is 2.58 bits per heavy atom. The fourth-order valence-corrected chi connectivity index (χ4v) is 2.62. The maximum absolute atomic E-state index is 9.50. The second-order valence-corrected chi connectivity index (χ2v) is 5.51. The van der Waals surface area contributed by atoms with Crippen LogP contribution in [0.5, 0.6) is 5.75 Å². The maximum Gasteiger partial charge on any atom is 0.115 e. The predicted molar refractivity (Wildman–Crippen MR) is 82.5 cm³/mol. The molecule has 0 aromatic heterocycles. The molecular formula is C16H18BrNO. The van der Waals surface area contributed by atoms with Crippen LogP contribution in [-0.4, -0.2) is 18.2 Å². The van der Waals surface area contributed by atoms with E-state index in [4.69, 9.17) is 0 Å². The largest absolute Gasteiger partial charge is 0.508 e. The fourth-order valence-electron chi connectivity index (χ4n) is 2.17. The van der Waals surface area contributed by atoms with Gasteiger partial charge >= 0.3 is 0 Å². The van der Waals surface area contributed by atoms with Crippen LogP contribution in [0, 0.1) is 0 Å². The zero-order valence-corrected chi connectivity index (χ0v) is 12.5. The average molecular weight is 320 g/mol. The van der Waals surface area contributed by atoms with Crippen LogP contribution >= 0.6 is 15.9 Å². The average Bonchev–Trinajstić information content (AvgIpc) is 2.40. The molecule has 0 heterocycles. The SMILES string of the molecule is CNC(Cc1cccc(O)c1)Cc1ccccc1Br. The highest BCUT2D eigenvalue weighted by molar-refractivity contribution is 9.10. The maximum atomic E-state index is 9.50. The molecule has 0 aliphatic heterocycles. The quantitative estimate of drug-likeness (QED) is 0.883. The molecule has 2 rings (SSSR count). The molecule has 2 N–H and O–H groups in total. The van der Waals surface area contributed by atoms with Crippen molar-refractivity contribution in [2.75, 3.05) is 7.05 Å². The molecule has 2 nitrogen and oxygen atoms in total. The van der Waals surface area contributed by atoms with Crippen LogP contribution in [0.25, 0.3) is 0 Å². The van der Waals surface area contributed by atoms with Crippen molar-refractivity contribution >= 4 is 15.9 Å². The molecule has 0 bridgehead atoms. The van der Waals surface area contributed by atoms with Gasteiger partial charge in [-0.1, -0.05) is 46.3 Å². The molecule has 2 aromatic carbocycles. The third kappa shape index (κ3) is 4.08. The highest BCUT2D eigenvalue weighted by Crippen LogP contribution is 2.19. The molecule has 19 heavy (non-hydrogen) atoms. The Hall–Kier alpha value is -1.32. The van der Waals surface area contributed by atoms with Crippen molar-refractivity contribution < 1.29 is 5.11 Å². The van der Waals surface area contributed by atoms with E-state index in [1.807, 2.05) is 31.3 Å². The summed E-state index contributed by atoms with van der Waals surface area (Å²) in [7, 11) is 1.98. The molecule has 1 unspecified atom stereocenters. The van der Waals surface area contributed by atoms with E-state index in [-0.39, 0.29) is 0 Å². The lowest BCUT2D eigenvalue weighted by Gasteiger charge is -2.17. The first kappa shape index (κ1) is 14.1. The first-order chi connectivity index (χ1) is 9.19. The summed E-state index contributed by atoms with van der Waals surface area (Å²) >= 11 is 3.58. The second kappa shape index (κ2) is 6.73. The minimum atomic E-state index is 0.327. The molecule has 1 atom stereocenters. The monoisotopic (exact) mass is 319 g/mol. The van der Waals surface area contributed by atoms with E-state index in [1.54, 1.807) is 6.07 Å². The Balaban J connectivity index is 2.07. The van der Waals surface area contributed by atoms with Gasteiger partial charge in [0.1, 0.15) is 5.75 Å². The smallest absolute Gasteiger partial charge is 0.115 e. The Labute approximate surface area is 122 Å². The number of phenolic OH excluding ortho intramolecular Hbond substituents is 1. The van der Waals surface area contributed by atoms with Gasteiger partial charge in [-0.15, -0.1) is 0 Å². The molecule has 2 aromatic rings. The van der Waals surface area contributed by atoms with Crippen LogP contribution in [0.1, 0.15) is 11.1 Å². The lowest BCUT2D eigenvalue weighted by Crippen LogP contribution is -2.30. The molecule has 0 amide bonds. The number of phenols is 1. The Morgan fingerprint density at radius 2 is 1.89 bits per heavy atom. The van der Waals surface area contributed by atoms with Gasteiger partial charge in [0.25, 0.3) is 0 Å². The summed E-state index contributed by atoms with van der Waals surface area (Å²) in [5.41, 5.74) is 2.44. The van der Waals surface area contributed by atoms with Crippen molar-refractivity contribution in [1.82, 2.24) is 5.32 Å². The highest BCUT2D eigenvalue weighted by atomic mass is 79.9. The summed E-state index contributed by atoms with van der Waals surface area (Å²) in [6.07, 6.45) is 1.85. The third-order valence-corrected chi connectivity index (χ3v) is 4.00. The number of nitrogens with one attached hydrogen (secondary N) is 1. The normalized spacial score (nSPS) is 12.3. The summed E-state index contributed by atoms with van der Waals surface area (Å²) in [6.45, 7) is 0. The van der Waals surface area contributed by atoms with Gasteiger partial charge < -0.3 is 10.4 Å². The Morgan fingerprint density at radius 1 is 1.11 bits per heavy atom. The number of halogens is 1. The lowest BCUT2D eigenvalue weighted by atomic mass is 9.99. The van der Waals surface area contributed by atoms with Crippen molar-refractivity contribution in [2.45, 2.75) is 18.9 Å². The zero-order valence-electron chi connectivity index (χ0n) is 10.9. The van der Waals surface area contributed by atoms with E-state index in [0.29, 0.717) is 11.8 Å². The van der Waals surface area contributed by atoms with E-state index in [9.17, 15) is 5.11 Å². The van der Waals surface area contributed by atoms with Gasteiger partial charge in [-0.3, -0.25) is 0 Å². The summed E-state index contributed by atoms with van der Waals surface area (Å²) in [5.74, 6) is 0.327. The highest BCUT2D eigenvalue weighted by Gasteiger charge is 2.10. The standard InChI is InChI=1S/C16H18BrNO/c1-18-14(9-12-5-4-7-15(19)10-12)11-13-6-2-3-8-16(13)17/h2-8,10,14,18-19H,9,11H2,1H3. The second-order valence-electron chi connectivity index (χ2n) is 4.66. The molecule has 0 spiro atoms. The summed E-state index contributed by atoms with van der Waals surface area (Å²) < 4.78 is 1.14. The van der Waals surface area contributed by atoms with E-state index >= 15 is 0 Å². The minimum absolute atomic E-state index is 0.327. The molecule has 0 saturated carbocycles. The van der Waals surface area contributed by atoms with Crippen molar-refractivity contribution in [2.24, 2.45) is 0 Å². The summed E-state index contributed by atoms with van der Waals surface area (Å²) in [4.78, 5) is 0. The first-order valence-corrected chi connectivity index (χ1v) is 7.17. The van der Waals surface area contributed by atoms with Gasteiger partial charge in [0.15, 0.2) is 0 Å². The molecule has 0 radical (unpaired) electrons. The minimum Gasteiger partial charge on any atom is -0.508 e. The molecule has 0 fully saturated rings. The molecule has 100 valence electrons. The molecule has 3 heteroatoms. The molecular weight excluding hydrogens is 302 g/mol. The number of rotatable bonds is 5. The van der Waals surface area contributed by atoms with Gasteiger partial charge in [-0.2, -0.15) is 0 Å². The van der Waals surface area contributed by atoms with Gasteiger partial charge in [0.2, 0.25) is 0 Å². The number of hydrogen-bond donors (Lipinski definition) is 2. The number of benzene rings is 2. The number of aromatic hydroxyl groups is 1. The van der Waals surface area contributed by atoms with Crippen molar-refractivity contribution in [3.63, 3.8) is 0 Å². The van der Waals surface area contributed by atoms with Crippen LogP contribution in [0.15, 0.2) is 53.0 Å². The lowest BCUT2D eigenvalue weighted by molar-refractivity contribution is 0.473.